The summed E-state index contributed by atoms with van der Waals surface area (Å²) in [6.07, 6.45) is 1.38. The summed E-state index contributed by atoms with van der Waals surface area (Å²) in [5, 5.41) is 18.3. The molecule has 0 bridgehead atoms. The van der Waals surface area contributed by atoms with Gasteiger partial charge in [0, 0.05) is 13.2 Å². The molecule has 0 spiro atoms. The van der Waals surface area contributed by atoms with Crippen LogP contribution in [0.5, 0.6) is 0 Å². The standard InChI is InChI=1S/C12H24O3/c1-8(9(2)5-13)4-11(10(3)6-14)12-7-15-12/h8-14H,4-7H2,1-3H3. The minimum atomic E-state index is 0.227. The van der Waals surface area contributed by atoms with Crippen molar-refractivity contribution in [3.05, 3.63) is 0 Å². The molecule has 3 heteroatoms. The van der Waals surface area contributed by atoms with Crippen molar-refractivity contribution in [1.29, 1.82) is 0 Å². The molecule has 0 saturated carbocycles. The zero-order valence-corrected chi connectivity index (χ0v) is 10.0. The first-order valence-electron chi connectivity index (χ1n) is 5.93. The van der Waals surface area contributed by atoms with Crippen molar-refractivity contribution in [3.8, 4) is 0 Å². The molecule has 0 aromatic rings. The first kappa shape index (κ1) is 12.9. The van der Waals surface area contributed by atoms with Gasteiger partial charge in [-0.15, -0.1) is 0 Å². The molecule has 1 aliphatic rings. The van der Waals surface area contributed by atoms with Gasteiger partial charge in [-0.3, -0.25) is 0 Å². The van der Waals surface area contributed by atoms with E-state index < -0.39 is 0 Å². The van der Waals surface area contributed by atoms with Gasteiger partial charge in [0.15, 0.2) is 0 Å². The van der Waals surface area contributed by atoms with E-state index in [1.807, 2.05) is 0 Å². The van der Waals surface area contributed by atoms with Gasteiger partial charge in [0.2, 0.25) is 0 Å². The Morgan fingerprint density at radius 3 is 2.00 bits per heavy atom. The van der Waals surface area contributed by atoms with E-state index in [1.165, 1.54) is 0 Å². The van der Waals surface area contributed by atoms with E-state index >= 15 is 0 Å². The van der Waals surface area contributed by atoms with Crippen molar-refractivity contribution in [2.45, 2.75) is 33.3 Å². The molecule has 0 aromatic heterocycles. The molecule has 1 rings (SSSR count). The Morgan fingerprint density at radius 1 is 1.07 bits per heavy atom. The summed E-state index contributed by atoms with van der Waals surface area (Å²) in [5.74, 6) is 1.56. The summed E-state index contributed by atoms with van der Waals surface area (Å²) in [5.41, 5.74) is 0. The first-order valence-corrected chi connectivity index (χ1v) is 5.93. The van der Waals surface area contributed by atoms with Crippen LogP contribution in [0.15, 0.2) is 0 Å². The third-order valence-electron chi connectivity index (χ3n) is 3.76. The zero-order valence-electron chi connectivity index (χ0n) is 10.0. The molecule has 2 N–H and O–H groups in total. The van der Waals surface area contributed by atoms with Gasteiger partial charge >= 0.3 is 0 Å². The topological polar surface area (TPSA) is 53.0 Å². The molecule has 90 valence electrons. The highest BCUT2D eigenvalue weighted by Gasteiger charge is 2.37. The van der Waals surface area contributed by atoms with Crippen molar-refractivity contribution in [1.82, 2.24) is 0 Å². The number of hydrogen-bond donors (Lipinski definition) is 2. The maximum absolute atomic E-state index is 9.19. The van der Waals surface area contributed by atoms with Crippen LogP contribution in [0, 0.1) is 23.7 Å². The second-order valence-electron chi connectivity index (χ2n) is 5.07. The first-order chi connectivity index (χ1) is 7.10. The predicted octanol–water partition coefficient (Wildman–Crippen LogP) is 1.28. The molecular weight excluding hydrogens is 192 g/mol. The number of ether oxygens (including phenoxy) is 1. The molecule has 1 heterocycles. The summed E-state index contributed by atoms with van der Waals surface area (Å²) >= 11 is 0. The molecule has 0 aliphatic carbocycles. The van der Waals surface area contributed by atoms with Crippen LogP contribution in [-0.2, 0) is 4.74 Å². The average molecular weight is 216 g/mol. The van der Waals surface area contributed by atoms with E-state index in [2.05, 4.69) is 20.8 Å². The van der Waals surface area contributed by atoms with E-state index in [9.17, 15) is 5.11 Å². The summed E-state index contributed by atoms with van der Waals surface area (Å²) in [6.45, 7) is 7.62. The SMILES string of the molecule is CC(CO)C(C)CC(C(C)CO)C1CO1. The van der Waals surface area contributed by atoms with Gasteiger partial charge in [-0.25, -0.2) is 0 Å². The van der Waals surface area contributed by atoms with Gasteiger partial charge in [0.05, 0.1) is 12.7 Å². The van der Waals surface area contributed by atoms with Crippen molar-refractivity contribution in [2.24, 2.45) is 23.7 Å². The second kappa shape index (κ2) is 5.83. The van der Waals surface area contributed by atoms with E-state index in [1.54, 1.807) is 0 Å². The Balaban J connectivity index is 2.43. The smallest absolute Gasteiger partial charge is 0.0841 e. The van der Waals surface area contributed by atoms with Crippen LogP contribution in [0.3, 0.4) is 0 Å². The third-order valence-corrected chi connectivity index (χ3v) is 3.76. The summed E-state index contributed by atoms with van der Waals surface area (Å²) in [7, 11) is 0. The lowest BCUT2D eigenvalue weighted by atomic mass is 9.80. The Kier molecular flexibility index (Phi) is 5.03. The van der Waals surface area contributed by atoms with E-state index in [0.29, 0.717) is 29.8 Å². The lowest BCUT2D eigenvalue weighted by Gasteiger charge is -2.26. The van der Waals surface area contributed by atoms with Gasteiger partial charge in [-0.05, 0) is 30.1 Å². The highest BCUT2D eigenvalue weighted by Crippen LogP contribution is 2.34. The molecule has 0 amide bonds. The van der Waals surface area contributed by atoms with Crippen molar-refractivity contribution >= 4 is 0 Å². The number of rotatable bonds is 7. The number of epoxide rings is 1. The maximum atomic E-state index is 9.19. The molecule has 1 saturated heterocycles. The van der Waals surface area contributed by atoms with Crippen LogP contribution >= 0.6 is 0 Å². The summed E-state index contributed by atoms with van der Waals surface area (Å²) in [6, 6.07) is 0. The van der Waals surface area contributed by atoms with Gasteiger partial charge in [-0.2, -0.15) is 0 Å². The van der Waals surface area contributed by atoms with E-state index in [-0.39, 0.29) is 13.2 Å². The zero-order chi connectivity index (χ0) is 11.4. The van der Waals surface area contributed by atoms with Crippen LogP contribution in [0.2, 0.25) is 0 Å². The average Bonchev–Trinajstić information content (AvgIpc) is 3.07. The molecule has 1 fully saturated rings. The fourth-order valence-corrected chi connectivity index (χ4v) is 2.03. The number of aliphatic hydroxyl groups excluding tert-OH is 2. The third kappa shape index (κ3) is 3.74. The quantitative estimate of drug-likeness (QED) is 0.630. The minimum absolute atomic E-state index is 0.227. The molecule has 3 nitrogen and oxygen atoms in total. The van der Waals surface area contributed by atoms with Gasteiger partial charge in [-0.1, -0.05) is 20.8 Å². The Morgan fingerprint density at radius 2 is 1.60 bits per heavy atom. The molecule has 0 radical (unpaired) electrons. The largest absolute Gasteiger partial charge is 0.396 e. The minimum Gasteiger partial charge on any atom is -0.396 e. The van der Waals surface area contributed by atoms with Crippen LogP contribution in [0.1, 0.15) is 27.2 Å². The second-order valence-corrected chi connectivity index (χ2v) is 5.07. The van der Waals surface area contributed by atoms with Crippen LogP contribution < -0.4 is 0 Å². The normalized spacial score (nSPS) is 28.2. The fourth-order valence-electron chi connectivity index (χ4n) is 2.03. The van der Waals surface area contributed by atoms with Crippen LogP contribution in [0.25, 0.3) is 0 Å². The maximum Gasteiger partial charge on any atom is 0.0841 e. The molecule has 15 heavy (non-hydrogen) atoms. The van der Waals surface area contributed by atoms with Gasteiger partial charge < -0.3 is 14.9 Å². The lowest BCUT2D eigenvalue weighted by Crippen LogP contribution is -2.26. The summed E-state index contributed by atoms with van der Waals surface area (Å²) < 4.78 is 5.33. The van der Waals surface area contributed by atoms with Gasteiger partial charge in [0.1, 0.15) is 0 Å². The lowest BCUT2D eigenvalue weighted by molar-refractivity contribution is 0.120. The van der Waals surface area contributed by atoms with Gasteiger partial charge in [0.25, 0.3) is 0 Å². The Bertz CT molecular complexity index is 180. The number of hydrogen-bond acceptors (Lipinski definition) is 3. The molecule has 1 aliphatic heterocycles. The van der Waals surface area contributed by atoms with E-state index in [0.717, 1.165) is 13.0 Å². The fraction of sp³-hybridized carbons (Fsp3) is 1.00. The van der Waals surface area contributed by atoms with Crippen molar-refractivity contribution in [2.75, 3.05) is 19.8 Å². The van der Waals surface area contributed by atoms with Crippen LogP contribution in [0.4, 0.5) is 0 Å². The molecule has 5 unspecified atom stereocenters. The summed E-state index contributed by atoms with van der Waals surface area (Å²) in [4.78, 5) is 0. The molecule has 5 atom stereocenters. The highest BCUT2D eigenvalue weighted by molar-refractivity contribution is 4.84. The predicted molar refractivity (Wildman–Crippen MR) is 59.5 cm³/mol. The molecule has 0 aromatic carbocycles. The monoisotopic (exact) mass is 216 g/mol. The van der Waals surface area contributed by atoms with Crippen molar-refractivity contribution < 1.29 is 14.9 Å². The highest BCUT2D eigenvalue weighted by atomic mass is 16.6. The Hall–Kier alpha value is -0.120. The Labute approximate surface area is 92.4 Å². The van der Waals surface area contributed by atoms with E-state index in [4.69, 9.17) is 9.84 Å². The van der Waals surface area contributed by atoms with Crippen LogP contribution in [-0.4, -0.2) is 36.1 Å². The molecular formula is C12H24O3. The van der Waals surface area contributed by atoms with Crippen molar-refractivity contribution in [3.63, 3.8) is 0 Å². The number of aliphatic hydroxyl groups is 2.